The number of fused-ring (bicyclic) bond motifs is 1. The monoisotopic (exact) mass is 551 g/mol. The SMILES string of the molecule is Cc1cc(N=S(C)C)cc2ncnc(Nc3ccc(F)cc3OCC(=O)NC(C(F)(F)F)C(F)(F)F)c12. The summed E-state index contributed by atoms with van der Waals surface area (Å²) in [6.07, 6.45) is -6.40. The molecule has 7 nitrogen and oxygen atoms in total. The number of alkyl halides is 6. The zero-order valence-corrected chi connectivity index (χ0v) is 20.3. The summed E-state index contributed by atoms with van der Waals surface area (Å²) in [5.41, 5.74) is 2.04. The lowest BCUT2D eigenvalue weighted by Gasteiger charge is -2.24. The highest BCUT2D eigenvalue weighted by Crippen LogP contribution is 2.35. The number of aromatic nitrogens is 2. The van der Waals surface area contributed by atoms with E-state index in [0.717, 1.165) is 23.0 Å². The van der Waals surface area contributed by atoms with Crippen LogP contribution in [0.1, 0.15) is 5.56 Å². The third kappa shape index (κ3) is 7.27. The molecule has 1 heterocycles. The van der Waals surface area contributed by atoms with Gasteiger partial charge in [0.05, 0.1) is 16.9 Å². The van der Waals surface area contributed by atoms with Gasteiger partial charge in [-0.05, 0) is 49.3 Å². The van der Waals surface area contributed by atoms with Crippen molar-refractivity contribution in [1.82, 2.24) is 15.3 Å². The molecule has 0 atom stereocenters. The molecule has 1 aromatic heterocycles. The van der Waals surface area contributed by atoms with E-state index in [1.807, 2.05) is 18.6 Å². The molecular formula is C22H20F7N5O2S. The van der Waals surface area contributed by atoms with Gasteiger partial charge >= 0.3 is 12.4 Å². The van der Waals surface area contributed by atoms with Crippen LogP contribution in [-0.4, -0.2) is 53.4 Å². The molecule has 200 valence electrons. The summed E-state index contributed by atoms with van der Waals surface area (Å²) in [5, 5.41) is 4.32. The number of carbonyl (C=O) groups excluding carboxylic acids is 1. The van der Waals surface area contributed by atoms with Gasteiger partial charge in [0.25, 0.3) is 5.91 Å². The van der Waals surface area contributed by atoms with Gasteiger partial charge in [-0.1, -0.05) is 0 Å². The van der Waals surface area contributed by atoms with E-state index in [2.05, 4.69) is 19.6 Å². The average Bonchev–Trinajstić information content (AvgIpc) is 2.75. The van der Waals surface area contributed by atoms with Crippen LogP contribution < -0.4 is 15.4 Å². The van der Waals surface area contributed by atoms with Crippen LogP contribution in [0.5, 0.6) is 5.75 Å². The molecule has 0 radical (unpaired) electrons. The minimum absolute atomic E-state index is 0.0502. The van der Waals surface area contributed by atoms with E-state index in [0.29, 0.717) is 16.6 Å². The lowest BCUT2D eigenvalue weighted by Crippen LogP contribution is -2.55. The molecule has 0 aliphatic rings. The zero-order chi connectivity index (χ0) is 27.5. The topological polar surface area (TPSA) is 88.5 Å². The quantitative estimate of drug-likeness (QED) is 0.379. The zero-order valence-electron chi connectivity index (χ0n) is 19.5. The Morgan fingerprint density at radius 2 is 1.76 bits per heavy atom. The summed E-state index contributed by atoms with van der Waals surface area (Å²) in [6, 6.07) is 2.54. The molecule has 0 saturated carbocycles. The van der Waals surface area contributed by atoms with Crippen LogP contribution in [0, 0.1) is 12.7 Å². The largest absolute Gasteiger partial charge is 0.481 e. The summed E-state index contributed by atoms with van der Waals surface area (Å²) < 4.78 is 99.6. The fourth-order valence-electron chi connectivity index (χ4n) is 3.27. The summed E-state index contributed by atoms with van der Waals surface area (Å²) in [5.74, 6) is -2.62. The van der Waals surface area contributed by atoms with Crippen molar-refractivity contribution in [3.8, 4) is 5.75 Å². The van der Waals surface area contributed by atoms with E-state index < -0.39 is 36.7 Å². The molecule has 0 bridgehead atoms. The number of hydrogen-bond donors (Lipinski definition) is 2. The molecule has 0 spiro atoms. The molecule has 0 fully saturated rings. The number of halogens is 7. The number of aryl methyl sites for hydroxylation is 1. The predicted octanol–water partition coefficient (Wildman–Crippen LogP) is 5.50. The lowest BCUT2D eigenvalue weighted by molar-refractivity contribution is -0.257. The molecular weight excluding hydrogens is 531 g/mol. The maximum Gasteiger partial charge on any atom is 0.417 e. The van der Waals surface area contributed by atoms with E-state index >= 15 is 0 Å². The molecule has 15 heteroatoms. The van der Waals surface area contributed by atoms with Crippen LogP contribution in [0.2, 0.25) is 0 Å². The number of hydrogen-bond acceptors (Lipinski definition) is 6. The van der Waals surface area contributed by atoms with Crippen LogP contribution >= 0.6 is 0 Å². The third-order valence-electron chi connectivity index (χ3n) is 4.72. The van der Waals surface area contributed by atoms with Crippen molar-refractivity contribution in [2.24, 2.45) is 4.36 Å². The van der Waals surface area contributed by atoms with E-state index in [1.54, 1.807) is 13.0 Å². The number of amides is 1. The maximum absolute atomic E-state index is 13.9. The fraction of sp³-hybridized carbons (Fsp3) is 0.318. The highest BCUT2D eigenvalue weighted by atomic mass is 32.2. The van der Waals surface area contributed by atoms with Crippen molar-refractivity contribution in [3.63, 3.8) is 0 Å². The number of carbonyl (C=O) groups is 1. The Labute approximate surface area is 208 Å². The van der Waals surface area contributed by atoms with Crippen molar-refractivity contribution in [3.05, 3.63) is 48.0 Å². The van der Waals surface area contributed by atoms with Crippen molar-refractivity contribution >= 4 is 44.7 Å². The third-order valence-corrected chi connectivity index (χ3v) is 5.30. The van der Waals surface area contributed by atoms with Crippen LogP contribution in [0.4, 0.5) is 47.9 Å². The van der Waals surface area contributed by atoms with Crippen LogP contribution in [-0.2, 0) is 15.5 Å². The predicted molar refractivity (Wildman–Crippen MR) is 125 cm³/mol. The van der Waals surface area contributed by atoms with Crippen molar-refractivity contribution in [2.75, 3.05) is 24.4 Å². The van der Waals surface area contributed by atoms with Gasteiger partial charge < -0.3 is 15.4 Å². The van der Waals surface area contributed by atoms with Crippen molar-refractivity contribution in [2.45, 2.75) is 25.3 Å². The molecule has 2 aromatic carbocycles. The van der Waals surface area contributed by atoms with E-state index in [-0.39, 0.29) is 27.9 Å². The molecule has 0 aliphatic heterocycles. The second-order valence-corrected chi connectivity index (χ2v) is 9.61. The highest BCUT2D eigenvalue weighted by molar-refractivity contribution is 7.85. The molecule has 3 aromatic rings. The highest BCUT2D eigenvalue weighted by Gasteiger charge is 2.57. The Morgan fingerprint density at radius 3 is 2.38 bits per heavy atom. The summed E-state index contributed by atoms with van der Waals surface area (Å²) in [4.78, 5) is 20.2. The van der Waals surface area contributed by atoms with Gasteiger partial charge in [0.2, 0.25) is 6.04 Å². The average molecular weight is 551 g/mol. The van der Waals surface area contributed by atoms with E-state index in [4.69, 9.17) is 4.74 Å². The van der Waals surface area contributed by atoms with Gasteiger partial charge in [0.1, 0.15) is 23.7 Å². The van der Waals surface area contributed by atoms with Gasteiger partial charge in [-0.3, -0.25) is 4.79 Å². The molecule has 0 saturated heterocycles. The number of ether oxygens (including phenoxy) is 1. The number of rotatable bonds is 7. The minimum atomic E-state index is -5.77. The van der Waals surface area contributed by atoms with E-state index in [9.17, 15) is 35.5 Å². The minimum Gasteiger partial charge on any atom is -0.481 e. The Kier molecular flexibility index (Phi) is 8.25. The summed E-state index contributed by atoms with van der Waals surface area (Å²) >= 11 is 0. The lowest BCUT2D eigenvalue weighted by atomic mass is 10.1. The Balaban J connectivity index is 1.86. The molecule has 0 unspecified atom stereocenters. The first-order valence-corrected chi connectivity index (χ1v) is 12.3. The fourth-order valence-corrected chi connectivity index (χ4v) is 3.80. The number of anilines is 2. The first-order chi connectivity index (χ1) is 17.1. The molecule has 0 aliphatic carbocycles. The number of nitrogens with zero attached hydrogens (tertiary/aromatic N) is 3. The smallest absolute Gasteiger partial charge is 0.417 e. The Hall–Kier alpha value is -3.49. The number of nitrogens with one attached hydrogen (secondary N) is 2. The van der Waals surface area contributed by atoms with Crippen molar-refractivity contribution < 1.29 is 40.3 Å². The Morgan fingerprint density at radius 1 is 1.08 bits per heavy atom. The molecule has 1 amide bonds. The van der Waals surface area contributed by atoms with Gasteiger partial charge in [-0.2, -0.15) is 26.3 Å². The summed E-state index contributed by atoms with van der Waals surface area (Å²) in [7, 11) is -0.224. The maximum atomic E-state index is 13.9. The Bertz CT molecular complexity index is 1330. The van der Waals surface area contributed by atoms with Crippen molar-refractivity contribution in [1.29, 1.82) is 0 Å². The normalized spacial score (nSPS) is 12.2. The van der Waals surface area contributed by atoms with Gasteiger partial charge in [-0.15, -0.1) is 10.7 Å². The van der Waals surface area contributed by atoms with Crippen LogP contribution in [0.3, 0.4) is 0 Å². The van der Waals surface area contributed by atoms with Gasteiger partial charge in [0, 0.05) is 11.5 Å². The standard InChI is InChI=1S/C22H20F7N5O2S/c1-11-6-13(34-37(2)3)8-15-18(11)19(31-10-30-15)32-14-5-4-12(23)7-16(14)36-9-17(35)33-20(21(24,25)26)22(27,28)29/h4-8,10,20H,9H2,1-3H3,(H,33,35)(H,30,31,32). The first-order valence-electron chi connectivity index (χ1n) is 10.3. The van der Waals surface area contributed by atoms with Gasteiger partial charge in [-0.25, -0.2) is 18.7 Å². The van der Waals surface area contributed by atoms with Crippen LogP contribution in [0.15, 0.2) is 41.0 Å². The van der Waals surface area contributed by atoms with E-state index in [1.165, 1.54) is 12.4 Å². The number of benzene rings is 2. The first kappa shape index (κ1) is 28.1. The second kappa shape index (κ2) is 10.9. The molecule has 37 heavy (non-hydrogen) atoms. The van der Waals surface area contributed by atoms with Crippen LogP contribution in [0.25, 0.3) is 10.9 Å². The summed E-state index contributed by atoms with van der Waals surface area (Å²) in [6.45, 7) is 0.550. The molecule has 3 rings (SSSR count). The van der Waals surface area contributed by atoms with Gasteiger partial charge in [0.15, 0.2) is 6.61 Å². The molecule has 2 N–H and O–H groups in total. The second-order valence-electron chi connectivity index (χ2n) is 7.88.